The lowest BCUT2D eigenvalue weighted by Crippen LogP contribution is -2.27. The Morgan fingerprint density at radius 3 is 1.63 bits per heavy atom. The number of esters is 2. The van der Waals surface area contributed by atoms with Crippen LogP contribution >= 0.6 is 7.60 Å². The van der Waals surface area contributed by atoms with Crippen LogP contribution in [0.4, 0.5) is 22.7 Å². The molecule has 0 heterocycles. The van der Waals surface area contributed by atoms with E-state index in [2.05, 4.69) is 0 Å². The normalized spacial score (nSPS) is 11.7. The maximum absolute atomic E-state index is 12.6. The van der Waals surface area contributed by atoms with Gasteiger partial charge in [0.25, 0.3) is 0 Å². The van der Waals surface area contributed by atoms with Crippen LogP contribution < -0.4 is 0 Å². The number of nitro benzene ring substituents is 4. The number of rotatable bonds is 12. The highest BCUT2D eigenvalue weighted by Crippen LogP contribution is 2.36. The van der Waals surface area contributed by atoms with E-state index in [1.807, 2.05) is 0 Å². The number of nitrogens with zero attached hydrogens (tertiary/aromatic N) is 4. The number of nitro groups is 4. The molecule has 0 aliphatic carbocycles. The zero-order chi connectivity index (χ0) is 28.8. The van der Waals surface area contributed by atoms with Crippen LogP contribution in [0.15, 0.2) is 36.4 Å². The van der Waals surface area contributed by atoms with Crippen molar-refractivity contribution in [1.82, 2.24) is 0 Å². The molecule has 2 rings (SSSR count). The molecule has 0 fully saturated rings. The molecule has 0 aromatic heterocycles. The maximum Gasteiger partial charge on any atom is 0.360 e. The Labute approximate surface area is 209 Å². The second kappa shape index (κ2) is 11.9. The largest absolute Gasteiger partial charge is 0.458 e. The van der Waals surface area contributed by atoms with E-state index in [0.29, 0.717) is 0 Å². The number of hydrogen-bond acceptors (Lipinski definition) is 13. The van der Waals surface area contributed by atoms with Crippen LogP contribution in [0.25, 0.3) is 0 Å². The van der Waals surface area contributed by atoms with E-state index in [1.54, 1.807) is 0 Å². The molecule has 202 valence electrons. The van der Waals surface area contributed by atoms with Crippen molar-refractivity contribution >= 4 is 42.3 Å². The Hall–Kier alpha value is -4.87. The van der Waals surface area contributed by atoms with Gasteiger partial charge >= 0.3 is 42.3 Å². The molecule has 0 saturated heterocycles. The summed E-state index contributed by atoms with van der Waals surface area (Å²) in [7, 11) is -4.72. The van der Waals surface area contributed by atoms with E-state index in [4.69, 9.17) is 19.3 Å². The third kappa shape index (κ3) is 7.32. The van der Waals surface area contributed by atoms with Crippen LogP contribution in [0, 0.1) is 40.5 Å². The summed E-state index contributed by atoms with van der Waals surface area (Å²) >= 11 is 0. The van der Waals surface area contributed by atoms with Crippen molar-refractivity contribution in [3.05, 3.63) is 88.0 Å². The third-order valence-corrected chi connectivity index (χ3v) is 5.48. The molecule has 1 unspecified atom stereocenters. The van der Waals surface area contributed by atoms with Gasteiger partial charge < -0.3 is 19.3 Å². The number of hydrogen-bond donors (Lipinski definition) is 2. The Morgan fingerprint density at radius 1 is 0.789 bits per heavy atom. The van der Waals surface area contributed by atoms with Gasteiger partial charge in [0.15, 0.2) is 0 Å². The number of ether oxygens (including phenoxy) is 2. The predicted molar refractivity (Wildman–Crippen MR) is 121 cm³/mol. The van der Waals surface area contributed by atoms with Crippen LogP contribution in [0.2, 0.25) is 0 Å². The summed E-state index contributed by atoms with van der Waals surface area (Å²) in [5, 5.41) is 44.8. The van der Waals surface area contributed by atoms with Gasteiger partial charge in [0.05, 0.1) is 25.9 Å². The summed E-state index contributed by atoms with van der Waals surface area (Å²) in [6.07, 6.45) is -3.34. The van der Waals surface area contributed by atoms with E-state index in [0.717, 1.165) is 36.4 Å². The summed E-state index contributed by atoms with van der Waals surface area (Å²) in [6, 6.07) is 5.03. The monoisotopic (exact) mass is 558 g/mol. The molecule has 0 saturated carbocycles. The van der Waals surface area contributed by atoms with Crippen molar-refractivity contribution in [2.75, 3.05) is 12.8 Å². The van der Waals surface area contributed by atoms with Gasteiger partial charge in [-0.2, -0.15) is 0 Å². The van der Waals surface area contributed by atoms with E-state index >= 15 is 0 Å². The minimum atomic E-state index is -4.72. The fourth-order valence-electron chi connectivity index (χ4n) is 3.02. The highest BCUT2D eigenvalue weighted by atomic mass is 31.2. The summed E-state index contributed by atoms with van der Waals surface area (Å²) in [5.74, 6) is -3.05. The van der Waals surface area contributed by atoms with Gasteiger partial charge in [0.1, 0.15) is 23.8 Å². The molecule has 2 N–H and O–H groups in total. The first-order chi connectivity index (χ1) is 17.6. The van der Waals surface area contributed by atoms with E-state index < -0.39 is 98.4 Å². The van der Waals surface area contributed by atoms with Crippen LogP contribution in [0.3, 0.4) is 0 Å². The average Bonchev–Trinajstić information content (AvgIpc) is 2.83. The van der Waals surface area contributed by atoms with Crippen molar-refractivity contribution in [2.24, 2.45) is 0 Å². The van der Waals surface area contributed by atoms with Gasteiger partial charge in [-0.25, -0.2) is 9.59 Å². The van der Waals surface area contributed by atoms with Crippen molar-refractivity contribution in [3.8, 4) is 0 Å². The number of para-hydroxylation sites is 2. The Balaban J connectivity index is 2.35. The number of benzene rings is 2. The van der Waals surface area contributed by atoms with Crippen molar-refractivity contribution in [2.45, 2.75) is 12.5 Å². The number of carbonyl (C=O) groups excluding carboxylic acids is 2. The molecule has 2 aromatic carbocycles. The fraction of sp³-hybridized carbons (Fsp3) is 0.222. The summed E-state index contributed by atoms with van der Waals surface area (Å²) in [4.78, 5) is 83.5. The Bertz CT molecular complexity index is 1370. The lowest BCUT2D eigenvalue weighted by Gasteiger charge is -2.18. The van der Waals surface area contributed by atoms with Crippen LogP contribution in [-0.2, 0) is 14.0 Å². The molecule has 38 heavy (non-hydrogen) atoms. The molecule has 0 aliphatic rings. The van der Waals surface area contributed by atoms with E-state index in [9.17, 15) is 54.6 Å². The maximum atomic E-state index is 12.6. The van der Waals surface area contributed by atoms with Crippen LogP contribution in [0.1, 0.15) is 27.1 Å². The van der Waals surface area contributed by atoms with Crippen LogP contribution in [-0.4, -0.2) is 60.3 Å². The van der Waals surface area contributed by atoms with Gasteiger partial charge in [-0.1, -0.05) is 12.1 Å². The van der Waals surface area contributed by atoms with E-state index in [1.165, 1.54) is 0 Å². The standard InChI is InChI=1S/C18H15N4O15P/c23-17(11-3-1-5-13(19(25)26)15(11)21(29)30)36-9-10(7-8-38(33,34)35)37-18(24)12-4-2-6-14(20(27)28)16(12)22(31)32/h1-6,10H,7-9H2,(H2,33,34,35). The van der Waals surface area contributed by atoms with Gasteiger partial charge in [-0.05, 0) is 18.6 Å². The molecule has 2 aromatic rings. The van der Waals surface area contributed by atoms with Crippen molar-refractivity contribution in [1.29, 1.82) is 0 Å². The zero-order valence-corrected chi connectivity index (χ0v) is 19.5. The van der Waals surface area contributed by atoms with E-state index in [-0.39, 0.29) is 0 Å². The summed E-state index contributed by atoms with van der Waals surface area (Å²) in [5.41, 5.74) is -6.30. The van der Waals surface area contributed by atoms with Gasteiger partial charge in [-0.3, -0.25) is 45.0 Å². The molecule has 19 nitrogen and oxygen atoms in total. The predicted octanol–water partition coefficient (Wildman–Crippen LogP) is 2.27. The molecule has 0 radical (unpaired) electrons. The fourth-order valence-corrected chi connectivity index (χ4v) is 3.64. The SMILES string of the molecule is O=C(OCC(CCP(=O)(O)O)OC(=O)c1cccc([N+](=O)[O-])c1[N+](=O)[O-])c1cccc([N+](=O)[O-])c1[N+](=O)[O-]. The molecular formula is C18H15N4O15P. The minimum absolute atomic E-state index is 0.691. The molecular weight excluding hydrogens is 543 g/mol. The third-order valence-electron chi connectivity index (χ3n) is 4.64. The van der Waals surface area contributed by atoms with Gasteiger partial charge in [0, 0.05) is 12.1 Å². The van der Waals surface area contributed by atoms with Crippen molar-refractivity contribution in [3.63, 3.8) is 0 Å². The quantitative estimate of drug-likeness (QED) is 0.163. The lowest BCUT2D eigenvalue weighted by atomic mass is 10.1. The summed E-state index contributed by atoms with van der Waals surface area (Å²) < 4.78 is 21.1. The minimum Gasteiger partial charge on any atom is -0.458 e. The van der Waals surface area contributed by atoms with Gasteiger partial charge in [0.2, 0.25) is 0 Å². The molecule has 0 bridgehead atoms. The highest BCUT2D eigenvalue weighted by Gasteiger charge is 2.35. The Morgan fingerprint density at radius 2 is 1.24 bits per heavy atom. The first-order valence-electron chi connectivity index (χ1n) is 9.90. The lowest BCUT2D eigenvalue weighted by molar-refractivity contribution is -0.422. The zero-order valence-electron chi connectivity index (χ0n) is 18.6. The molecule has 20 heteroatoms. The topological polar surface area (TPSA) is 283 Å². The molecule has 1 atom stereocenters. The first-order valence-corrected chi connectivity index (χ1v) is 11.7. The molecule has 0 aliphatic heterocycles. The van der Waals surface area contributed by atoms with Crippen molar-refractivity contribution < 1.29 is 53.1 Å². The first kappa shape index (κ1) is 29.4. The van der Waals surface area contributed by atoms with Gasteiger partial charge in [-0.15, -0.1) is 0 Å². The average molecular weight is 558 g/mol. The second-order valence-electron chi connectivity index (χ2n) is 7.18. The smallest absolute Gasteiger partial charge is 0.360 e. The van der Waals surface area contributed by atoms with Crippen LogP contribution in [0.5, 0.6) is 0 Å². The molecule has 0 amide bonds. The second-order valence-corrected chi connectivity index (χ2v) is 8.95. The highest BCUT2D eigenvalue weighted by molar-refractivity contribution is 7.51. The number of carbonyl (C=O) groups is 2. The Kier molecular flexibility index (Phi) is 9.20. The summed E-state index contributed by atoms with van der Waals surface area (Å²) in [6.45, 7) is -1.01. The molecule has 0 spiro atoms.